The van der Waals surface area contributed by atoms with Crippen molar-refractivity contribution >= 4 is 23.4 Å². The number of carbonyl (C=O) groups is 2. The zero-order valence-corrected chi connectivity index (χ0v) is 13.9. The van der Waals surface area contributed by atoms with Crippen molar-refractivity contribution in [3.63, 3.8) is 0 Å². The van der Waals surface area contributed by atoms with Gasteiger partial charge < -0.3 is 10.6 Å². The molecule has 1 aliphatic carbocycles. The molecule has 23 heavy (non-hydrogen) atoms. The first-order valence-corrected chi connectivity index (χ1v) is 8.82. The van der Waals surface area contributed by atoms with Crippen molar-refractivity contribution in [1.29, 1.82) is 0 Å². The Bertz CT molecular complexity index is 580. The van der Waals surface area contributed by atoms with Gasteiger partial charge in [-0.1, -0.05) is 30.2 Å². The van der Waals surface area contributed by atoms with Crippen molar-refractivity contribution in [2.75, 3.05) is 6.54 Å². The number of carbonyl (C=O) groups excluding carboxylic acids is 2. The van der Waals surface area contributed by atoms with Crippen LogP contribution >= 0.6 is 11.6 Å². The van der Waals surface area contributed by atoms with Crippen LogP contribution in [0, 0.1) is 5.92 Å². The van der Waals surface area contributed by atoms with E-state index < -0.39 is 0 Å². The van der Waals surface area contributed by atoms with Crippen molar-refractivity contribution in [2.45, 2.75) is 50.5 Å². The van der Waals surface area contributed by atoms with Gasteiger partial charge in [-0.05, 0) is 49.3 Å². The van der Waals surface area contributed by atoms with Gasteiger partial charge in [-0.25, -0.2) is 0 Å². The minimum Gasteiger partial charge on any atom is -0.355 e. The summed E-state index contributed by atoms with van der Waals surface area (Å²) in [4.78, 5) is 23.6. The van der Waals surface area contributed by atoms with Crippen LogP contribution in [-0.4, -0.2) is 24.4 Å². The Morgan fingerprint density at radius 3 is 2.87 bits per heavy atom. The first kappa shape index (κ1) is 16.3. The molecule has 3 atom stereocenters. The van der Waals surface area contributed by atoms with E-state index in [-0.39, 0.29) is 23.8 Å². The highest BCUT2D eigenvalue weighted by atomic mass is 35.5. The van der Waals surface area contributed by atoms with Crippen molar-refractivity contribution in [2.24, 2.45) is 5.92 Å². The van der Waals surface area contributed by atoms with E-state index in [1.54, 1.807) is 0 Å². The van der Waals surface area contributed by atoms with Gasteiger partial charge in [0.1, 0.15) is 0 Å². The van der Waals surface area contributed by atoms with Crippen LogP contribution in [0.2, 0.25) is 5.02 Å². The molecule has 2 aliphatic rings. The van der Waals surface area contributed by atoms with Gasteiger partial charge in [-0.3, -0.25) is 9.59 Å². The van der Waals surface area contributed by atoms with Gasteiger partial charge in [-0.15, -0.1) is 0 Å². The van der Waals surface area contributed by atoms with Gasteiger partial charge in [0.25, 0.3) is 0 Å². The molecule has 2 fully saturated rings. The zero-order valence-electron chi connectivity index (χ0n) is 13.2. The molecule has 1 saturated heterocycles. The number of rotatable bonds is 3. The fraction of sp³-hybridized carbons (Fsp3) is 0.556. The van der Waals surface area contributed by atoms with Crippen molar-refractivity contribution < 1.29 is 9.59 Å². The quantitative estimate of drug-likeness (QED) is 0.892. The molecule has 124 valence electrons. The second-order valence-electron chi connectivity index (χ2n) is 6.66. The second-order valence-corrected chi connectivity index (χ2v) is 7.10. The monoisotopic (exact) mass is 334 g/mol. The molecule has 2 amide bonds. The number of hydrogen-bond acceptors (Lipinski definition) is 2. The number of piperidine rings is 1. The van der Waals surface area contributed by atoms with Gasteiger partial charge in [0.2, 0.25) is 11.8 Å². The van der Waals surface area contributed by atoms with E-state index in [1.807, 2.05) is 18.2 Å². The predicted molar refractivity (Wildman–Crippen MR) is 90.3 cm³/mol. The number of nitrogens with one attached hydrogen (secondary N) is 2. The standard InChI is InChI=1S/C18H23ClN2O2/c19-15-5-1-3-12(9-15)13-4-2-6-16(10-13)21-18(23)14-7-8-17(22)20-11-14/h1,3,5,9,13-14,16H,2,4,6-8,10-11H2,(H,20,22)(H,21,23). The van der Waals surface area contributed by atoms with Crippen LogP contribution in [-0.2, 0) is 9.59 Å². The second kappa shape index (κ2) is 7.35. The maximum absolute atomic E-state index is 12.4. The summed E-state index contributed by atoms with van der Waals surface area (Å²) in [5, 5.41) is 6.74. The van der Waals surface area contributed by atoms with Crippen LogP contribution in [0.15, 0.2) is 24.3 Å². The van der Waals surface area contributed by atoms with Gasteiger partial charge in [0, 0.05) is 24.0 Å². The summed E-state index contributed by atoms with van der Waals surface area (Å²) in [6, 6.07) is 8.26. The highest BCUT2D eigenvalue weighted by Crippen LogP contribution is 2.34. The largest absolute Gasteiger partial charge is 0.355 e. The van der Waals surface area contributed by atoms with Crippen LogP contribution in [0.4, 0.5) is 0 Å². The lowest BCUT2D eigenvalue weighted by Gasteiger charge is -2.32. The molecular weight excluding hydrogens is 312 g/mol. The Morgan fingerprint density at radius 2 is 2.13 bits per heavy atom. The van der Waals surface area contributed by atoms with E-state index in [2.05, 4.69) is 16.7 Å². The molecule has 0 spiro atoms. The fourth-order valence-electron chi connectivity index (χ4n) is 3.66. The van der Waals surface area contributed by atoms with E-state index in [0.29, 0.717) is 25.3 Å². The minimum atomic E-state index is -0.0840. The topological polar surface area (TPSA) is 58.2 Å². The first-order chi connectivity index (χ1) is 11.1. The first-order valence-electron chi connectivity index (χ1n) is 8.44. The summed E-state index contributed by atoms with van der Waals surface area (Å²) in [6.45, 7) is 0.467. The van der Waals surface area contributed by atoms with E-state index >= 15 is 0 Å². The lowest BCUT2D eigenvalue weighted by molar-refractivity contribution is -0.129. The SMILES string of the molecule is O=C1CCC(C(=O)NC2CCCC(c3cccc(Cl)c3)C2)CN1. The van der Waals surface area contributed by atoms with Crippen LogP contribution < -0.4 is 10.6 Å². The minimum absolute atomic E-state index is 0.0488. The van der Waals surface area contributed by atoms with E-state index in [9.17, 15) is 9.59 Å². The Balaban J connectivity index is 1.56. The van der Waals surface area contributed by atoms with Gasteiger partial charge in [-0.2, -0.15) is 0 Å². The van der Waals surface area contributed by atoms with Gasteiger partial charge >= 0.3 is 0 Å². The molecule has 3 rings (SSSR count). The number of amides is 2. The summed E-state index contributed by atoms with van der Waals surface area (Å²) in [5.41, 5.74) is 1.27. The van der Waals surface area contributed by atoms with E-state index in [1.165, 1.54) is 5.56 Å². The summed E-state index contributed by atoms with van der Waals surface area (Å²) in [5.74, 6) is 0.507. The molecule has 0 bridgehead atoms. The highest BCUT2D eigenvalue weighted by Gasteiger charge is 2.29. The number of benzene rings is 1. The zero-order chi connectivity index (χ0) is 16.2. The van der Waals surface area contributed by atoms with Crippen molar-refractivity contribution in [3.8, 4) is 0 Å². The lowest BCUT2D eigenvalue weighted by Crippen LogP contribution is -2.46. The maximum Gasteiger partial charge on any atom is 0.225 e. The molecular formula is C18H23ClN2O2. The smallest absolute Gasteiger partial charge is 0.225 e. The van der Waals surface area contributed by atoms with Crippen molar-refractivity contribution in [3.05, 3.63) is 34.9 Å². The molecule has 5 heteroatoms. The van der Waals surface area contributed by atoms with E-state index in [0.717, 1.165) is 30.7 Å². The third-order valence-electron chi connectivity index (χ3n) is 4.98. The maximum atomic E-state index is 12.4. The molecule has 3 unspecified atom stereocenters. The molecule has 1 aromatic rings. The highest BCUT2D eigenvalue weighted by molar-refractivity contribution is 6.30. The predicted octanol–water partition coefficient (Wildman–Crippen LogP) is 3.01. The lowest BCUT2D eigenvalue weighted by atomic mass is 9.81. The molecule has 2 N–H and O–H groups in total. The normalized spacial score (nSPS) is 28.0. The Hall–Kier alpha value is -1.55. The Labute approximate surface area is 142 Å². The summed E-state index contributed by atoms with van der Waals surface area (Å²) >= 11 is 6.09. The third kappa shape index (κ3) is 4.25. The molecule has 0 radical (unpaired) electrons. The molecule has 1 aromatic carbocycles. The third-order valence-corrected chi connectivity index (χ3v) is 5.21. The van der Waals surface area contributed by atoms with Crippen LogP contribution in [0.1, 0.15) is 50.0 Å². The summed E-state index contributed by atoms with van der Waals surface area (Å²) in [7, 11) is 0. The molecule has 4 nitrogen and oxygen atoms in total. The average molecular weight is 335 g/mol. The van der Waals surface area contributed by atoms with Crippen molar-refractivity contribution in [1.82, 2.24) is 10.6 Å². The summed E-state index contributed by atoms with van der Waals surface area (Å²) in [6.07, 6.45) is 5.36. The van der Waals surface area contributed by atoms with Crippen LogP contribution in [0.5, 0.6) is 0 Å². The summed E-state index contributed by atoms with van der Waals surface area (Å²) < 4.78 is 0. The molecule has 1 heterocycles. The Morgan fingerprint density at radius 1 is 1.26 bits per heavy atom. The molecule has 1 saturated carbocycles. The molecule has 1 aliphatic heterocycles. The Kier molecular flexibility index (Phi) is 5.21. The van der Waals surface area contributed by atoms with Crippen LogP contribution in [0.3, 0.4) is 0 Å². The van der Waals surface area contributed by atoms with Gasteiger partial charge in [0.15, 0.2) is 0 Å². The fourth-order valence-corrected chi connectivity index (χ4v) is 3.86. The molecule has 0 aromatic heterocycles. The van der Waals surface area contributed by atoms with Crippen LogP contribution in [0.25, 0.3) is 0 Å². The van der Waals surface area contributed by atoms with E-state index in [4.69, 9.17) is 11.6 Å². The number of halogens is 1. The number of hydrogen-bond donors (Lipinski definition) is 2. The average Bonchev–Trinajstić information content (AvgIpc) is 2.56. The van der Waals surface area contributed by atoms with Gasteiger partial charge in [0.05, 0.1) is 5.92 Å².